The fourth-order valence-corrected chi connectivity index (χ4v) is 2.94. The molecule has 0 radical (unpaired) electrons. The monoisotopic (exact) mass is 366 g/mol. The zero-order valence-corrected chi connectivity index (χ0v) is 15.2. The summed E-state index contributed by atoms with van der Waals surface area (Å²) in [6.45, 7) is 3.35. The molecule has 1 fully saturated rings. The quantitative estimate of drug-likeness (QED) is 0.770. The van der Waals surface area contributed by atoms with Crippen molar-refractivity contribution in [2.45, 2.75) is 20.0 Å². The fourth-order valence-electron chi connectivity index (χ4n) is 2.94. The Kier molecular flexibility index (Phi) is 5.80. The number of aryl methyl sites for hydroxylation is 1. The van der Waals surface area contributed by atoms with Crippen LogP contribution in [0.25, 0.3) is 0 Å². The van der Waals surface area contributed by atoms with Crippen LogP contribution in [0, 0.1) is 6.92 Å². The largest absolute Gasteiger partial charge is 0.350 e. The first-order chi connectivity index (χ1) is 13.0. The van der Waals surface area contributed by atoms with E-state index in [4.69, 9.17) is 0 Å². The molecule has 2 aromatic rings. The van der Waals surface area contributed by atoms with Gasteiger partial charge in [-0.3, -0.25) is 19.4 Å². The van der Waals surface area contributed by atoms with Crippen molar-refractivity contribution in [3.8, 4) is 0 Å². The van der Waals surface area contributed by atoms with Gasteiger partial charge in [0.15, 0.2) is 0 Å². The molecule has 7 heteroatoms. The molecule has 1 aromatic heterocycles. The van der Waals surface area contributed by atoms with E-state index in [0.717, 1.165) is 16.7 Å². The zero-order chi connectivity index (χ0) is 19.2. The molecule has 0 saturated carbocycles. The van der Waals surface area contributed by atoms with Gasteiger partial charge >= 0.3 is 11.8 Å². The predicted octanol–water partition coefficient (Wildman–Crippen LogP) is 0.877. The lowest BCUT2D eigenvalue weighted by atomic mass is 10.1. The zero-order valence-electron chi connectivity index (χ0n) is 15.2. The van der Waals surface area contributed by atoms with Gasteiger partial charge in [-0.15, -0.1) is 0 Å². The molecule has 1 aromatic carbocycles. The van der Waals surface area contributed by atoms with Crippen molar-refractivity contribution in [2.24, 2.45) is 0 Å². The Labute approximate surface area is 158 Å². The maximum Gasteiger partial charge on any atom is 0.312 e. The number of pyridine rings is 1. The molecule has 1 saturated heterocycles. The van der Waals surface area contributed by atoms with E-state index in [0.29, 0.717) is 26.2 Å². The molecule has 27 heavy (non-hydrogen) atoms. The number of piperazine rings is 1. The van der Waals surface area contributed by atoms with Gasteiger partial charge in [-0.05, 0) is 29.7 Å². The summed E-state index contributed by atoms with van der Waals surface area (Å²) in [6.07, 6.45) is 3.32. The molecule has 1 aliphatic rings. The minimum absolute atomic E-state index is 0.122. The van der Waals surface area contributed by atoms with Crippen molar-refractivity contribution >= 4 is 17.7 Å². The van der Waals surface area contributed by atoms with Gasteiger partial charge in [0, 0.05) is 38.6 Å². The van der Waals surface area contributed by atoms with E-state index in [-0.39, 0.29) is 12.5 Å². The molecule has 0 unspecified atom stereocenters. The van der Waals surface area contributed by atoms with Crippen molar-refractivity contribution in [3.63, 3.8) is 0 Å². The third kappa shape index (κ3) is 4.69. The molecule has 0 bridgehead atoms. The number of aromatic nitrogens is 1. The number of carbonyl (C=O) groups excluding carboxylic acids is 3. The summed E-state index contributed by atoms with van der Waals surface area (Å²) < 4.78 is 0. The molecule has 3 rings (SSSR count). The second-order valence-electron chi connectivity index (χ2n) is 6.52. The molecule has 0 atom stereocenters. The Morgan fingerprint density at radius 3 is 2.56 bits per heavy atom. The van der Waals surface area contributed by atoms with Gasteiger partial charge in [0.1, 0.15) is 6.54 Å². The summed E-state index contributed by atoms with van der Waals surface area (Å²) in [4.78, 5) is 43.7. The Hall–Kier alpha value is -3.22. The van der Waals surface area contributed by atoms with Crippen LogP contribution in [0.5, 0.6) is 0 Å². The van der Waals surface area contributed by atoms with Crippen molar-refractivity contribution < 1.29 is 14.4 Å². The second kappa shape index (κ2) is 8.44. The van der Waals surface area contributed by atoms with Crippen LogP contribution in [0.2, 0.25) is 0 Å². The average Bonchev–Trinajstić information content (AvgIpc) is 2.68. The molecule has 0 spiro atoms. The van der Waals surface area contributed by atoms with Gasteiger partial charge in [0.05, 0.1) is 0 Å². The van der Waals surface area contributed by atoms with E-state index in [1.54, 1.807) is 18.5 Å². The SMILES string of the molecule is Cc1ccccc1CN1CCN(CC(=O)NCc2cccnc2)C(=O)C1=O. The highest BCUT2D eigenvalue weighted by atomic mass is 16.2. The summed E-state index contributed by atoms with van der Waals surface area (Å²) in [5.41, 5.74) is 2.97. The Balaban J connectivity index is 1.52. The number of carbonyl (C=O) groups is 3. The van der Waals surface area contributed by atoms with E-state index in [2.05, 4.69) is 10.3 Å². The van der Waals surface area contributed by atoms with Crippen molar-refractivity contribution in [1.82, 2.24) is 20.1 Å². The average molecular weight is 366 g/mol. The van der Waals surface area contributed by atoms with Gasteiger partial charge in [-0.1, -0.05) is 30.3 Å². The van der Waals surface area contributed by atoms with Crippen molar-refractivity contribution in [2.75, 3.05) is 19.6 Å². The Bertz CT molecular complexity index is 838. The molecule has 1 aliphatic heterocycles. The molecule has 1 N–H and O–H groups in total. The van der Waals surface area contributed by atoms with Crippen LogP contribution in [0.4, 0.5) is 0 Å². The van der Waals surface area contributed by atoms with Crippen LogP contribution in [-0.2, 0) is 27.5 Å². The third-order valence-corrected chi connectivity index (χ3v) is 4.57. The van der Waals surface area contributed by atoms with E-state index >= 15 is 0 Å². The molecular formula is C20H22N4O3. The highest BCUT2D eigenvalue weighted by molar-refractivity contribution is 6.35. The molecule has 0 aliphatic carbocycles. The molecular weight excluding hydrogens is 344 g/mol. The first kappa shape index (κ1) is 18.6. The van der Waals surface area contributed by atoms with Crippen LogP contribution in [0.1, 0.15) is 16.7 Å². The fraction of sp³-hybridized carbons (Fsp3) is 0.300. The summed E-state index contributed by atoms with van der Waals surface area (Å²) >= 11 is 0. The minimum Gasteiger partial charge on any atom is -0.350 e. The summed E-state index contributed by atoms with van der Waals surface area (Å²) in [5, 5.41) is 2.74. The summed E-state index contributed by atoms with van der Waals surface area (Å²) in [6, 6.07) is 11.4. The molecule has 7 nitrogen and oxygen atoms in total. The standard InChI is InChI=1S/C20H22N4O3/c1-15-5-2-3-7-17(15)13-23-9-10-24(20(27)19(23)26)14-18(25)22-12-16-6-4-8-21-11-16/h2-8,11H,9-10,12-14H2,1H3,(H,22,25). The third-order valence-electron chi connectivity index (χ3n) is 4.57. The lowest BCUT2D eigenvalue weighted by Crippen LogP contribution is -2.55. The highest BCUT2D eigenvalue weighted by Crippen LogP contribution is 2.14. The normalized spacial score (nSPS) is 14.4. The van der Waals surface area contributed by atoms with Crippen LogP contribution >= 0.6 is 0 Å². The number of nitrogens with one attached hydrogen (secondary N) is 1. The van der Waals surface area contributed by atoms with Crippen LogP contribution < -0.4 is 5.32 Å². The first-order valence-electron chi connectivity index (χ1n) is 8.83. The van der Waals surface area contributed by atoms with E-state index in [9.17, 15) is 14.4 Å². The number of rotatable bonds is 6. The van der Waals surface area contributed by atoms with E-state index < -0.39 is 11.8 Å². The van der Waals surface area contributed by atoms with Crippen LogP contribution in [0.3, 0.4) is 0 Å². The summed E-state index contributed by atoms with van der Waals surface area (Å²) in [7, 11) is 0. The summed E-state index contributed by atoms with van der Waals surface area (Å²) in [5.74, 6) is -1.50. The lowest BCUT2D eigenvalue weighted by Gasteiger charge is -2.33. The molecule has 3 amide bonds. The van der Waals surface area contributed by atoms with Gasteiger partial charge in [-0.2, -0.15) is 0 Å². The van der Waals surface area contributed by atoms with Gasteiger partial charge in [0.2, 0.25) is 5.91 Å². The van der Waals surface area contributed by atoms with Crippen molar-refractivity contribution in [1.29, 1.82) is 0 Å². The van der Waals surface area contributed by atoms with Gasteiger partial charge in [-0.25, -0.2) is 0 Å². The van der Waals surface area contributed by atoms with Crippen molar-refractivity contribution in [3.05, 3.63) is 65.5 Å². The maximum absolute atomic E-state index is 12.4. The minimum atomic E-state index is -0.633. The van der Waals surface area contributed by atoms with E-state index in [1.165, 1.54) is 9.80 Å². The number of amides is 3. The number of benzene rings is 1. The van der Waals surface area contributed by atoms with Gasteiger partial charge < -0.3 is 15.1 Å². The highest BCUT2D eigenvalue weighted by Gasteiger charge is 2.33. The number of nitrogens with zero attached hydrogens (tertiary/aromatic N) is 3. The molecule has 140 valence electrons. The predicted molar refractivity (Wildman–Crippen MR) is 99.3 cm³/mol. The lowest BCUT2D eigenvalue weighted by molar-refractivity contribution is -0.157. The Morgan fingerprint density at radius 2 is 1.81 bits per heavy atom. The maximum atomic E-state index is 12.4. The van der Waals surface area contributed by atoms with Gasteiger partial charge in [0.25, 0.3) is 0 Å². The number of hydrogen-bond donors (Lipinski definition) is 1. The second-order valence-corrected chi connectivity index (χ2v) is 6.52. The molecule has 2 heterocycles. The first-order valence-corrected chi connectivity index (χ1v) is 8.83. The smallest absolute Gasteiger partial charge is 0.312 e. The Morgan fingerprint density at radius 1 is 1.07 bits per heavy atom. The van der Waals surface area contributed by atoms with Crippen LogP contribution in [-0.4, -0.2) is 52.1 Å². The van der Waals surface area contributed by atoms with Crippen LogP contribution in [0.15, 0.2) is 48.8 Å². The number of hydrogen-bond acceptors (Lipinski definition) is 4. The topological polar surface area (TPSA) is 82.6 Å². The van der Waals surface area contributed by atoms with E-state index in [1.807, 2.05) is 37.3 Å².